The number of halogens is 2. The normalized spacial score (nSPS) is 11.8. The van der Waals surface area contributed by atoms with Crippen molar-refractivity contribution in [2.45, 2.75) is 0 Å². The molecule has 4 rings (SSSR count). The zero-order chi connectivity index (χ0) is 32.9. The van der Waals surface area contributed by atoms with Gasteiger partial charge in [0, 0.05) is 0 Å². The fraction of sp³-hybridized carbons (Fsp3) is 0.294. The predicted octanol–water partition coefficient (Wildman–Crippen LogP) is 0.859. The van der Waals surface area contributed by atoms with Gasteiger partial charge in [0.2, 0.25) is 0 Å². The van der Waals surface area contributed by atoms with Crippen molar-refractivity contribution in [1.29, 1.82) is 0 Å². The fourth-order valence-electron chi connectivity index (χ4n) is 4.39. The van der Waals surface area contributed by atoms with Crippen molar-refractivity contribution < 1.29 is 70.2 Å². The topological polar surface area (TPSA) is 95.1 Å². The van der Waals surface area contributed by atoms with Crippen LogP contribution in [0.4, 0.5) is 0 Å². The first-order chi connectivity index (χ1) is 21.9. The second kappa shape index (κ2) is 19.5. The summed E-state index contributed by atoms with van der Waals surface area (Å²) in [5, 5.41) is 6.12. The predicted molar refractivity (Wildman–Crippen MR) is 183 cm³/mol. The van der Waals surface area contributed by atoms with E-state index in [0.717, 1.165) is 13.1 Å². The number of para-hydroxylation sites is 4. The molecule has 2 N–H and O–H groups in total. The molecule has 10 nitrogen and oxygen atoms in total. The lowest BCUT2D eigenvalue weighted by atomic mass is 10.3. The highest BCUT2D eigenvalue weighted by Crippen LogP contribution is 2.45. The van der Waals surface area contributed by atoms with E-state index in [1.807, 2.05) is 72.8 Å². The number of quaternary nitrogens is 2. The van der Waals surface area contributed by atoms with Crippen LogP contribution in [-0.4, -0.2) is 76.4 Å². The van der Waals surface area contributed by atoms with Gasteiger partial charge in [0.25, 0.3) is 0 Å². The largest absolute Gasteiger partial charge is 1.00 e. The van der Waals surface area contributed by atoms with Crippen LogP contribution in [0.15, 0.2) is 121 Å². The molecule has 48 heavy (non-hydrogen) atoms. The maximum atomic E-state index is 13.8. The van der Waals surface area contributed by atoms with Crippen molar-refractivity contribution in [2.24, 2.45) is 0 Å². The average molecular weight is 829 g/mol. The maximum absolute atomic E-state index is 13.8. The summed E-state index contributed by atoms with van der Waals surface area (Å²) in [6, 6.07) is 36.0. The van der Waals surface area contributed by atoms with Crippen molar-refractivity contribution in [2.75, 3.05) is 67.5 Å². The molecule has 0 aliphatic carbocycles. The number of hydrogen-bond acceptors (Lipinski definition) is 6. The Kier molecular flexibility index (Phi) is 16.9. The first-order valence-electron chi connectivity index (χ1n) is 15.3. The second-order valence-electron chi connectivity index (χ2n) is 12.2. The van der Waals surface area contributed by atoms with Crippen LogP contribution in [0.1, 0.15) is 0 Å². The summed E-state index contributed by atoms with van der Waals surface area (Å²) in [5.41, 5.74) is 0. The highest BCUT2D eigenvalue weighted by Gasteiger charge is 2.32. The summed E-state index contributed by atoms with van der Waals surface area (Å²) in [5.74, 6) is 1.85. The van der Waals surface area contributed by atoms with Crippen LogP contribution in [0.5, 0.6) is 23.0 Å². The van der Waals surface area contributed by atoms with Crippen LogP contribution >= 0.6 is 15.5 Å². The van der Waals surface area contributed by atoms with Crippen LogP contribution in [-0.2, 0) is 9.13 Å². The molecule has 0 heterocycles. The van der Waals surface area contributed by atoms with Gasteiger partial charge < -0.3 is 61.0 Å². The standard InChI is InChI=1S/C34H46N4O6P2.2BrH/c1-37(2,27-25-35-45(39,41-31-17-9-5-10-18-31)42-32-19-11-6-12-20-32)29-30-38(3,4)28-26-36-46(40,43-33-21-13-7-14-22-33)44-34-23-15-8-16-24-34;;/h5-24H,25-30H2,1-4H3,(H,35,39)(H,36,40);2*1H/q+2;;/p-2. The Morgan fingerprint density at radius 2 is 0.667 bits per heavy atom. The van der Waals surface area contributed by atoms with E-state index in [2.05, 4.69) is 38.4 Å². The maximum Gasteiger partial charge on any atom is 0.513 e. The van der Waals surface area contributed by atoms with E-state index in [-0.39, 0.29) is 34.0 Å². The minimum absolute atomic E-state index is 0. The molecule has 0 fully saturated rings. The third-order valence-electron chi connectivity index (χ3n) is 7.23. The van der Waals surface area contributed by atoms with E-state index in [1.54, 1.807) is 48.5 Å². The third-order valence-corrected chi connectivity index (χ3v) is 10.3. The monoisotopic (exact) mass is 826 g/mol. The Morgan fingerprint density at radius 3 is 0.896 bits per heavy atom. The average Bonchev–Trinajstić information content (AvgIpc) is 3.02. The SMILES string of the molecule is C[N+](C)(CCNP(=O)(Oc1ccccc1)Oc1ccccc1)CC[N+](C)(C)CCNP(=O)(Oc1ccccc1)Oc1ccccc1.[Br-].[Br-]. The molecule has 0 unspecified atom stereocenters. The molecule has 0 amide bonds. The van der Waals surface area contributed by atoms with Crippen LogP contribution < -0.4 is 62.2 Å². The summed E-state index contributed by atoms with van der Waals surface area (Å²) >= 11 is 0. The van der Waals surface area contributed by atoms with E-state index in [0.29, 0.717) is 58.1 Å². The van der Waals surface area contributed by atoms with Gasteiger partial charge in [0.05, 0.1) is 54.4 Å². The molecular weight excluding hydrogens is 782 g/mol. The number of nitrogens with one attached hydrogen (secondary N) is 2. The van der Waals surface area contributed by atoms with Crippen molar-refractivity contribution in [1.82, 2.24) is 10.2 Å². The van der Waals surface area contributed by atoms with Crippen LogP contribution in [0, 0.1) is 0 Å². The number of likely N-dealkylation sites (N-methyl/N-ethyl adjacent to an activating group) is 2. The highest BCUT2D eigenvalue weighted by atomic mass is 79.9. The quantitative estimate of drug-likeness (QED) is 0.106. The van der Waals surface area contributed by atoms with Crippen LogP contribution in [0.2, 0.25) is 0 Å². The van der Waals surface area contributed by atoms with Gasteiger partial charge in [0.15, 0.2) is 0 Å². The number of hydrogen-bond donors (Lipinski definition) is 2. The first kappa shape index (κ1) is 41.5. The zero-order valence-electron chi connectivity index (χ0n) is 27.8. The molecule has 0 bridgehead atoms. The molecule has 0 aromatic heterocycles. The second-order valence-corrected chi connectivity index (χ2v) is 15.5. The lowest BCUT2D eigenvalue weighted by molar-refractivity contribution is -0.944. The number of benzene rings is 4. The summed E-state index contributed by atoms with van der Waals surface area (Å²) in [6.07, 6.45) is 0. The lowest BCUT2D eigenvalue weighted by Crippen LogP contribution is -3.00. The molecule has 0 saturated carbocycles. The zero-order valence-corrected chi connectivity index (χ0v) is 32.7. The summed E-state index contributed by atoms with van der Waals surface area (Å²) in [7, 11) is 1.13. The fourth-order valence-corrected chi connectivity index (χ4v) is 7.07. The Bertz CT molecular complexity index is 1360. The summed E-state index contributed by atoms with van der Waals surface area (Å²) in [4.78, 5) is 0. The highest BCUT2D eigenvalue weighted by molar-refractivity contribution is 7.52. The lowest BCUT2D eigenvalue weighted by Gasteiger charge is -2.36. The Balaban J connectivity index is 0.00000400. The molecule has 0 aliphatic heterocycles. The minimum Gasteiger partial charge on any atom is -1.00 e. The van der Waals surface area contributed by atoms with Crippen molar-refractivity contribution in [3.8, 4) is 23.0 Å². The van der Waals surface area contributed by atoms with E-state index in [1.165, 1.54) is 0 Å². The first-order valence-corrected chi connectivity index (χ1v) is 18.3. The number of rotatable bonds is 19. The molecule has 0 spiro atoms. The van der Waals surface area contributed by atoms with Crippen molar-refractivity contribution >= 4 is 15.5 Å². The Labute approximate surface area is 306 Å². The van der Waals surface area contributed by atoms with Crippen LogP contribution in [0.25, 0.3) is 0 Å². The summed E-state index contributed by atoms with van der Waals surface area (Å²) < 4.78 is 52.3. The third kappa shape index (κ3) is 14.8. The molecule has 4 aromatic rings. The smallest absolute Gasteiger partial charge is 0.513 e. The van der Waals surface area contributed by atoms with Gasteiger partial charge >= 0.3 is 15.5 Å². The molecule has 0 atom stereocenters. The van der Waals surface area contributed by atoms with Gasteiger partial charge in [0.1, 0.15) is 36.1 Å². The van der Waals surface area contributed by atoms with E-state index in [9.17, 15) is 9.13 Å². The van der Waals surface area contributed by atoms with Crippen molar-refractivity contribution in [3.05, 3.63) is 121 Å². The number of nitrogens with zero attached hydrogens (tertiary/aromatic N) is 2. The Hall–Kier alpha value is -2.66. The van der Waals surface area contributed by atoms with E-state index >= 15 is 0 Å². The molecule has 0 aliphatic rings. The Morgan fingerprint density at radius 1 is 0.438 bits per heavy atom. The van der Waals surface area contributed by atoms with Crippen LogP contribution in [0.3, 0.4) is 0 Å². The molecule has 0 radical (unpaired) electrons. The molecular formula is C34H46Br2N4O6P2. The van der Waals surface area contributed by atoms with E-state index in [4.69, 9.17) is 18.1 Å². The minimum atomic E-state index is -3.70. The van der Waals surface area contributed by atoms with Gasteiger partial charge in [-0.3, -0.25) is 0 Å². The summed E-state index contributed by atoms with van der Waals surface area (Å²) in [6.45, 7) is 3.88. The van der Waals surface area contributed by atoms with Gasteiger partial charge in [-0.2, -0.15) is 10.2 Å². The van der Waals surface area contributed by atoms with Gasteiger partial charge in [-0.05, 0) is 48.5 Å². The molecule has 4 aromatic carbocycles. The van der Waals surface area contributed by atoms with Gasteiger partial charge in [-0.15, -0.1) is 0 Å². The van der Waals surface area contributed by atoms with Gasteiger partial charge in [-0.1, -0.05) is 72.8 Å². The molecule has 0 saturated heterocycles. The van der Waals surface area contributed by atoms with Crippen molar-refractivity contribution in [3.63, 3.8) is 0 Å². The van der Waals surface area contributed by atoms with Gasteiger partial charge in [-0.25, -0.2) is 9.13 Å². The molecule has 262 valence electrons. The van der Waals surface area contributed by atoms with E-state index < -0.39 is 15.5 Å². The molecule has 14 heteroatoms.